The molecule has 174 valence electrons. The van der Waals surface area contributed by atoms with Crippen LogP contribution in [-0.2, 0) is 4.79 Å². The molecule has 2 aromatic rings. The second kappa shape index (κ2) is 9.43. The van der Waals surface area contributed by atoms with Gasteiger partial charge in [0.2, 0.25) is 0 Å². The summed E-state index contributed by atoms with van der Waals surface area (Å²) >= 11 is 0. The van der Waals surface area contributed by atoms with Gasteiger partial charge in [0, 0.05) is 6.04 Å². The third-order valence-corrected chi connectivity index (χ3v) is 7.95. The summed E-state index contributed by atoms with van der Waals surface area (Å²) in [5, 5.41) is 11.7. The minimum Gasteiger partial charge on any atom is -0.490 e. The van der Waals surface area contributed by atoms with Gasteiger partial charge in [-0.1, -0.05) is 39.0 Å². The molecule has 0 spiro atoms. The fraction of sp³-hybridized carbons (Fsp3) is 0.607. The average Bonchev–Trinajstić information content (AvgIpc) is 2.78. The fourth-order valence-corrected chi connectivity index (χ4v) is 5.56. The van der Waals surface area contributed by atoms with E-state index >= 15 is 0 Å². The molecule has 2 aliphatic rings. The molecule has 1 aliphatic heterocycles. The first-order valence-corrected chi connectivity index (χ1v) is 12.4. The highest BCUT2D eigenvalue weighted by Crippen LogP contribution is 2.39. The Balaban J connectivity index is 1.38. The van der Waals surface area contributed by atoms with Gasteiger partial charge >= 0.3 is 5.97 Å². The number of carboxylic acids is 1. The zero-order valence-electron chi connectivity index (χ0n) is 20.1. The second-order valence-corrected chi connectivity index (χ2v) is 11.1. The molecule has 0 radical (unpaired) electrons. The van der Waals surface area contributed by atoms with Crippen molar-refractivity contribution in [3.8, 4) is 5.75 Å². The van der Waals surface area contributed by atoms with Crippen molar-refractivity contribution >= 4 is 16.7 Å². The first-order chi connectivity index (χ1) is 15.2. The van der Waals surface area contributed by atoms with Crippen LogP contribution < -0.4 is 4.74 Å². The normalized spacial score (nSPS) is 24.4. The van der Waals surface area contributed by atoms with Crippen LogP contribution >= 0.6 is 0 Å². The number of fused-ring (bicyclic) bond motifs is 1. The largest absolute Gasteiger partial charge is 0.490 e. The third-order valence-electron chi connectivity index (χ3n) is 7.95. The lowest BCUT2D eigenvalue weighted by molar-refractivity contribution is -0.143. The Morgan fingerprint density at radius 1 is 0.969 bits per heavy atom. The molecule has 32 heavy (non-hydrogen) atoms. The van der Waals surface area contributed by atoms with Crippen molar-refractivity contribution in [1.29, 1.82) is 0 Å². The minimum absolute atomic E-state index is 0.183. The van der Waals surface area contributed by atoms with Crippen LogP contribution in [0, 0.1) is 17.3 Å². The Morgan fingerprint density at radius 2 is 1.59 bits per heavy atom. The Hall–Kier alpha value is -2.07. The fourth-order valence-electron chi connectivity index (χ4n) is 5.56. The molecule has 0 aromatic heterocycles. The zero-order chi connectivity index (χ0) is 22.9. The topological polar surface area (TPSA) is 49.8 Å². The van der Waals surface area contributed by atoms with Gasteiger partial charge in [0.1, 0.15) is 5.75 Å². The number of carbonyl (C=O) groups is 1. The molecule has 4 heteroatoms. The quantitative estimate of drug-likeness (QED) is 0.567. The number of ether oxygens (including phenoxy) is 1. The number of carboxylic acid groups (broad SMARTS) is 1. The van der Waals surface area contributed by atoms with Crippen molar-refractivity contribution in [2.24, 2.45) is 17.3 Å². The van der Waals surface area contributed by atoms with Gasteiger partial charge in [-0.2, -0.15) is 0 Å². The minimum atomic E-state index is -0.650. The molecule has 2 aromatic carbocycles. The van der Waals surface area contributed by atoms with Gasteiger partial charge in [-0.15, -0.1) is 0 Å². The van der Waals surface area contributed by atoms with Crippen molar-refractivity contribution in [2.75, 3.05) is 13.1 Å². The summed E-state index contributed by atoms with van der Waals surface area (Å²) in [5.41, 5.74) is 1.69. The molecule has 0 amide bonds. The van der Waals surface area contributed by atoms with Gasteiger partial charge in [-0.05, 0) is 104 Å². The van der Waals surface area contributed by atoms with Crippen LogP contribution in [0.25, 0.3) is 10.8 Å². The van der Waals surface area contributed by atoms with E-state index in [9.17, 15) is 9.90 Å². The SMILES string of the molecule is CC(c1ccc2cc(O[C@H]3CC[C@H](C(C)(C)C)CC3)ccc2c1)N1CCC(C(=O)O)CC1. The highest BCUT2D eigenvalue weighted by atomic mass is 16.5. The summed E-state index contributed by atoms with van der Waals surface area (Å²) in [6.07, 6.45) is 6.62. The number of piperidine rings is 1. The molecule has 4 rings (SSSR count). The predicted molar refractivity (Wildman–Crippen MR) is 130 cm³/mol. The number of benzene rings is 2. The van der Waals surface area contributed by atoms with E-state index in [1.54, 1.807) is 0 Å². The van der Waals surface area contributed by atoms with E-state index in [0.717, 1.165) is 50.4 Å². The van der Waals surface area contributed by atoms with E-state index in [1.165, 1.54) is 29.2 Å². The molecule has 2 fully saturated rings. The lowest BCUT2D eigenvalue weighted by atomic mass is 9.72. The van der Waals surface area contributed by atoms with Gasteiger partial charge in [0.25, 0.3) is 0 Å². The van der Waals surface area contributed by atoms with E-state index in [-0.39, 0.29) is 5.92 Å². The monoisotopic (exact) mass is 437 g/mol. The Bertz CT molecular complexity index is 931. The molecule has 1 N–H and O–H groups in total. The van der Waals surface area contributed by atoms with Crippen molar-refractivity contribution < 1.29 is 14.6 Å². The van der Waals surface area contributed by atoms with Crippen LogP contribution in [0.4, 0.5) is 0 Å². The van der Waals surface area contributed by atoms with E-state index in [2.05, 4.69) is 69.0 Å². The maximum atomic E-state index is 11.2. The first kappa shape index (κ1) is 23.1. The maximum absolute atomic E-state index is 11.2. The van der Waals surface area contributed by atoms with Crippen LogP contribution in [0.2, 0.25) is 0 Å². The number of aliphatic carboxylic acids is 1. The van der Waals surface area contributed by atoms with E-state index < -0.39 is 5.97 Å². The van der Waals surface area contributed by atoms with E-state index in [1.807, 2.05) is 0 Å². The standard InChI is InChI=1S/C28H39NO3/c1-19(29-15-13-20(14-16-29)27(30)31)21-5-6-23-18-26(10-7-22(23)17-21)32-25-11-8-24(9-12-25)28(2,3)4/h5-7,10,17-20,24-25H,8-9,11-16H2,1-4H3,(H,30,31)/t19?,24-,25-. The lowest BCUT2D eigenvalue weighted by Gasteiger charge is -2.37. The summed E-state index contributed by atoms with van der Waals surface area (Å²) in [6, 6.07) is 13.5. The number of hydrogen-bond donors (Lipinski definition) is 1. The third kappa shape index (κ3) is 5.28. The van der Waals surface area contributed by atoms with Crippen molar-refractivity contribution in [3.05, 3.63) is 42.0 Å². The molecule has 4 nitrogen and oxygen atoms in total. The van der Waals surface area contributed by atoms with Gasteiger partial charge < -0.3 is 9.84 Å². The molecule has 1 heterocycles. The van der Waals surface area contributed by atoms with Crippen molar-refractivity contribution in [1.82, 2.24) is 4.90 Å². The molecule has 1 unspecified atom stereocenters. The average molecular weight is 438 g/mol. The second-order valence-electron chi connectivity index (χ2n) is 11.1. The summed E-state index contributed by atoms with van der Waals surface area (Å²) in [6.45, 7) is 11.0. The molecular weight excluding hydrogens is 398 g/mol. The molecule has 1 saturated heterocycles. The van der Waals surface area contributed by atoms with Crippen LogP contribution in [0.3, 0.4) is 0 Å². The lowest BCUT2D eigenvalue weighted by Crippen LogP contribution is -2.37. The van der Waals surface area contributed by atoms with Crippen LogP contribution in [0.5, 0.6) is 5.75 Å². The number of nitrogens with zero attached hydrogens (tertiary/aromatic N) is 1. The summed E-state index contributed by atoms with van der Waals surface area (Å²) in [7, 11) is 0. The first-order valence-electron chi connectivity index (χ1n) is 12.4. The summed E-state index contributed by atoms with van der Waals surface area (Å²) in [4.78, 5) is 13.6. The van der Waals surface area contributed by atoms with Crippen LogP contribution in [0.1, 0.15) is 77.8 Å². The van der Waals surface area contributed by atoms with Gasteiger partial charge in [0.05, 0.1) is 12.0 Å². The number of rotatable bonds is 5. The predicted octanol–water partition coefficient (Wildman–Crippen LogP) is 6.68. The molecular formula is C28H39NO3. The van der Waals surface area contributed by atoms with E-state index in [4.69, 9.17) is 4.74 Å². The van der Waals surface area contributed by atoms with Gasteiger partial charge in [-0.25, -0.2) is 0 Å². The summed E-state index contributed by atoms with van der Waals surface area (Å²) < 4.78 is 6.37. The van der Waals surface area contributed by atoms with E-state index in [0.29, 0.717) is 17.6 Å². The Kier molecular flexibility index (Phi) is 6.80. The molecule has 0 bridgehead atoms. The molecule has 1 saturated carbocycles. The summed E-state index contributed by atoms with van der Waals surface area (Å²) in [5.74, 6) is 0.947. The van der Waals surface area contributed by atoms with Crippen molar-refractivity contribution in [2.45, 2.75) is 78.4 Å². The van der Waals surface area contributed by atoms with Gasteiger partial charge in [0.15, 0.2) is 0 Å². The molecule has 1 atom stereocenters. The van der Waals surface area contributed by atoms with Crippen LogP contribution in [0.15, 0.2) is 36.4 Å². The highest BCUT2D eigenvalue weighted by molar-refractivity contribution is 5.84. The highest BCUT2D eigenvalue weighted by Gasteiger charge is 2.30. The molecule has 1 aliphatic carbocycles. The number of likely N-dealkylation sites (tertiary alicyclic amines) is 1. The number of hydrogen-bond acceptors (Lipinski definition) is 3. The Morgan fingerprint density at radius 3 is 2.22 bits per heavy atom. The zero-order valence-corrected chi connectivity index (χ0v) is 20.1. The van der Waals surface area contributed by atoms with Crippen LogP contribution in [-0.4, -0.2) is 35.2 Å². The maximum Gasteiger partial charge on any atom is 0.306 e. The smallest absolute Gasteiger partial charge is 0.306 e. The van der Waals surface area contributed by atoms with Gasteiger partial charge in [-0.3, -0.25) is 9.69 Å². The Labute approximate surface area is 192 Å². The van der Waals surface area contributed by atoms with Crippen molar-refractivity contribution in [3.63, 3.8) is 0 Å².